The molecular formula is CH5N3. The third kappa shape index (κ3) is 0.174. The second kappa shape index (κ2) is 0.711. The first kappa shape index (κ1) is 3.27. The highest BCUT2D eigenvalue weighted by molar-refractivity contribution is 5.71. The molecule has 0 radical (unpaired) electrons. The highest BCUT2D eigenvalue weighted by Crippen LogP contribution is 1.13. The summed E-state index contributed by atoms with van der Waals surface area (Å²) in [4.78, 5) is 0. The molecule has 0 aliphatic heterocycles. The van der Waals surface area contributed by atoms with E-state index in [0.29, 0.717) is 0 Å². The summed E-state index contributed by atoms with van der Waals surface area (Å²) in [6.07, 6.45) is 0. The van der Waals surface area contributed by atoms with Crippen LogP contribution < -0.4 is 11.5 Å². The van der Waals surface area contributed by atoms with E-state index >= 15 is 0 Å². The van der Waals surface area contributed by atoms with Crippen LogP contribution in [-0.4, -0.2) is 5.96 Å². The van der Waals surface area contributed by atoms with E-state index in [2.05, 4.69) is 11.5 Å². The zero-order valence-corrected chi connectivity index (χ0v) is 2.15. The van der Waals surface area contributed by atoms with Gasteiger partial charge < -0.3 is 11.5 Å². The van der Waals surface area contributed by atoms with Gasteiger partial charge in [0.25, 0.3) is 0 Å². The summed E-state index contributed by atoms with van der Waals surface area (Å²) in [7, 11) is 0. The van der Waals surface area contributed by atoms with Crippen molar-refractivity contribution < 1.29 is 0 Å². The summed E-state index contributed by atoms with van der Waals surface area (Å²) in [5.41, 5.74) is 8.94. The first-order chi connectivity index (χ1) is 1.73. The molecule has 3 nitrogen and oxygen atoms in total. The Morgan fingerprint density at radius 3 is 1.50 bits per heavy atom. The Bertz CT molecular complexity index is 26.3. The quantitative estimate of drug-likeness (QED) is 0.188. The molecule has 0 saturated heterocycles. The third-order valence-electron chi connectivity index (χ3n) is 0. The minimum atomic E-state index is -0.333. The lowest BCUT2D eigenvalue weighted by molar-refractivity contribution is 1.39. The normalized spacial score (nSPS) is 6.00. The van der Waals surface area contributed by atoms with Crippen LogP contribution in [-0.2, 0) is 0 Å². The molecule has 0 aliphatic carbocycles. The van der Waals surface area contributed by atoms with Crippen molar-refractivity contribution in [3.8, 4) is 0 Å². The number of hydrogen-bond donors (Lipinski definition) is 3. The van der Waals surface area contributed by atoms with E-state index in [4.69, 9.17) is 5.41 Å². The molecular weight excluding hydrogens is 56.0 g/mol. The predicted octanol–water partition coefficient (Wildman–Crippen LogP) is -1.16. The van der Waals surface area contributed by atoms with E-state index in [0.717, 1.165) is 0 Å². The van der Waals surface area contributed by atoms with Crippen molar-refractivity contribution in [3.63, 3.8) is 0 Å². The van der Waals surface area contributed by atoms with Crippen LogP contribution >= 0.6 is 0 Å². The zero-order chi connectivity index (χ0) is 3.58. The average Bonchev–Trinajstić information content (AvgIpc) is 0.811. The van der Waals surface area contributed by atoms with Crippen LogP contribution in [0.1, 0.15) is 0 Å². The molecule has 0 aromatic heterocycles. The van der Waals surface area contributed by atoms with Gasteiger partial charge in [0.2, 0.25) is 0 Å². The van der Waals surface area contributed by atoms with Gasteiger partial charge in [-0.1, -0.05) is 0 Å². The Morgan fingerprint density at radius 2 is 1.50 bits per heavy atom. The van der Waals surface area contributed by atoms with Crippen LogP contribution in [0.4, 0.5) is 0 Å². The minimum absolute atomic E-state index is 0.333. The first-order valence-electron chi connectivity index (χ1n) is 0.827. The zero-order valence-electron chi connectivity index (χ0n) is 2.15. The lowest BCUT2D eigenvalue weighted by Gasteiger charge is -1.69. The molecule has 0 rings (SSSR count). The third-order valence-corrected chi connectivity index (χ3v) is 0. The van der Waals surface area contributed by atoms with Gasteiger partial charge in [-0.2, -0.15) is 0 Å². The van der Waals surface area contributed by atoms with Gasteiger partial charge in [-0.25, -0.2) is 0 Å². The van der Waals surface area contributed by atoms with Gasteiger partial charge in [-0.3, -0.25) is 5.41 Å². The molecule has 4 heavy (non-hydrogen) atoms. The fraction of sp³-hybridized carbons (Fsp3) is 0. The summed E-state index contributed by atoms with van der Waals surface area (Å²) in [5.74, 6) is -0.333. The maximum absolute atomic E-state index is 6.06. The van der Waals surface area contributed by atoms with E-state index < -0.39 is 0 Å². The van der Waals surface area contributed by atoms with Crippen molar-refractivity contribution in [2.45, 2.75) is 0 Å². The van der Waals surface area contributed by atoms with Crippen LogP contribution in [0.25, 0.3) is 0 Å². The summed E-state index contributed by atoms with van der Waals surface area (Å²) < 4.78 is 0. The molecule has 0 aliphatic rings. The summed E-state index contributed by atoms with van der Waals surface area (Å²) in [6.45, 7) is 0. The van der Waals surface area contributed by atoms with Crippen molar-refractivity contribution in [2.75, 3.05) is 0 Å². The Hall–Kier alpha value is -0.730. The highest BCUT2D eigenvalue weighted by atomic mass is 15.5. The van der Waals surface area contributed by atoms with Gasteiger partial charge >= 0.3 is 0 Å². The predicted molar refractivity (Wildman–Crippen MR) is 16.1 cm³/mol. The molecule has 0 saturated carbocycles. The second-order valence-corrected chi connectivity index (χ2v) is 0.455. The molecule has 0 bridgehead atoms. The fourth-order valence-corrected chi connectivity index (χ4v) is 0. The highest BCUT2D eigenvalue weighted by Gasteiger charge is 1.52. The minimum Gasteiger partial charge on any atom is -0.370 e. The van der Waals surface area contributed by atoms with Gasteiger partial charge in [-0.15, -0.1) is 0 Å². The van der Waals surface area contributed by atoms with Gasteiger partial charge in [-0.05, 0) is 0 Å². The molecule has 0 atom stereocenters. The monoisotopic (exact) mass is 61.0 g/mol. The van der Waals surface area contributed by atoms with Crippen LogP contribution in [0.3, 0.4) is 0 Å². The molecule has 0 aromatic rings. The average molecular weight is 61.1 g/mol. The van der Waals surface area contributed by atoms with Crippen molar-refractivity contribution in [2.24, 2.45) is 11.5 Å². The molecule has 24 valence electrons. The molecule has 0 heterocycles. The SMILES string of the molecule is NC(=[15NH])[15NH2]. The van der Waals surface area contributed by atoms with E-state index in [1.165, 1.54) is 0 Å². The van der Waals surface area contributed by atoms with Gasteiger partial charge in [0.1, 0.15) is 0 Å². The van der Waals surface area contributed by atoms with Gasteiger partial charge in [0.15, 0.2) is 5.96 Å². The first-order valence-corrected chi connectivity index (χ1v) is 0.827. The molecule has 5 N–H and O–H groups in total. The Labute approximate surface area is 24.1 Å². The van der Waals surface area contributed by atoms with Crippen molar-refractivity contribution in [1.29, 1.82) is 5.41 Å². The Morgan fingerprint density at radius 1 is 1.50 bits per heavy atom. The maximum atomic E-state index is 6.06. The molecule has 0 amide bonds. The van der Waals surface area contributed by atoms with E-state index in [9.17, 15) is 0 Å². The number of hydrogen-bond acceptors (Lipinski definition) is 1. The van der Waals surface area contributed by atoms with E-state index in [1.807, 2.05) is 0 Å². The van der Waals surface area contributed by atoms with Crippen molar-refractivity contribution in [1.82, 2.24) is 0 Å². The lowest BCUT2D eigenvalue weighted by atomic mass is 11.2. The Balaban J connectivity index is 2.80. The number of rotatable bonds is 0. The lowest BCUT2D eigenvalue weighted by Crippen LogP contribution is -2.20. The molecule has 0 unspecified atom stereocenters. The smallest absolute Gasteiger partial charge is 0.183 e. The number of nitrogens with two attached hydrogens (primary N) is 2. The van der Waals surface area contributed by atoms with Crippen LogP contribution in [0, 0.1) is 5.41 Å². The molecule has 0 fully saturated rings. The van der Waals surface area contributed by atoms with E-state index in [-0.39, 0.29) is 5.96 Å². The largest absolute Gasteiger partial charge is 0.370 e. The molecule has 0 spiro atoms. The second-order valence-electron chi connectivity index (χ2n) is 0.455. The van der Waals surface area contributed by atoms with Crippen molar-refractivity contribution >= 4 is 5.96 Å². The maximum Gasteiger partial charge on any atom is 0.183 e. The fourth-order valence-electron chi connectivity index (χ4n) is 0. The van der Waals surface area contributed by atoms with Gasteiger partial charge in [0.05, 0.1) is 0 Å². The van der Waals surface area contributed by atoms with E-state index in [1.54, 1.807) is 0 Å². The topological polar surface area (TPSA) is 75.9 Å². The van der Waals surface area contributed by atoms with Crippen LogP contribution in [0.2, 0.25) is 0 Å². The van der Waals surface area contributed by atoms with Crippen molar-refractivity contribution in [3.05, 3.63) is 0 Å². The summed E-state index contributed by atoms with van der Waals surface area (Å²) in [6, 6.07) is 0. The van der Waals surface area contributed by atoms with Crippen LogP contribution in [0.5, 0.6) is 0 Å². The molecule has 0 aromatic carbocycles. The Kier molecular flexibility index (Phi) is 0.581. The van der Waals surface area contributed by atoms with Gasteiger partial charge in [0, 0.05) is 0 Å². The molecule has 3 heteroatoms. The number of nitrogens with one attached hydrogen (secondary N) is 1. The standard InChI is InChI=1S/CH5N3/c2-1(3)4/h(H5,2,3,4)/i2+1,3+1. The number of guanidine groups is 1. The van der Waals surface area contributed by atoms with Crippen LogP contribution in [0.15, 0.2) is 0 Å². The summed E-state index contributed by atoms with van der Waals surface area (Å²) in [5, 5.41) is 6.06. The summed E-state index contributed by atoms with van der Waals surface area (Å²) >= 11 is 0.